The van der Waals surface area contributed by atoms with Crippen LogP contribution >= 0.6 is 11.3 Å². The third-order valence-corrected chi connectivity index (χ3v) is 4.16. The third kappa shape index (κ3) is 4.32. The van der Waals surface area contributed by atoms with E-state index in [4.69, 9.17) is 0 Å². The van der Waals surface area contributed by atoms with Gasteiger partial charge in [-0.3, -0.25) is 0 Å². The average molecular weight is 248 g/mol. The molecule has 0 aromatic carbocycles. The van der Waals surface area contributed by atoms with E-state index in [-0.39, 0.29) is 5.75 Å². The van der Waals surface area contributed by atoms with E-state index in [9.17, 15) is 13.5 Å². The Hall–Kier alpha value is -0.390. The minimum Gasteiger partial charge on any atom is -0.388 e. The van der Waals surface area contributed by atoms with E-state index >= 15 is 0 Å². The maximum Gasteiger partial charge on any atom is 0.147 e. The van der Waals surface area contributed by atoms with Gasteiger partial charge in [0.2, 0.25) is 0 Å². The maximum atomic E-state index is 10.9. The number of rotatable bonds is 5. The zero-order valence-corrected chi connectivity index (χ0v) is 10.6. The van der Waals surface area contributed by atoms with Crippen molar-refractivity contribution in [2.75, 3.05) is 12.0 Å². The van der Waals surface area contributed by atoms with Crippen molar-refractivity contribution in [2.24, 2.45) is 0 Å². The topological polar surface area (TPSA) is 54.4 Å². The minimum absolute atomic E-state index is 0.146. The van der Waals surface area contributed by atoms with E-state index in [1.54, 1.807) is 11.3 Å². The summed E-state index contributed by atoms with van der Waals surface area (Å²) >= 11 is 1.56. The molecule has 0 aliphatic heterocycles. The van der Waals surface area contributed by atoms with E-state index in [0.717, 1.165) is 11.1 Å². The van der Waals surface area contributed by atoms with Crippen LogP contribution in [0.25, 0.3) is 0 Å². The summed E-state index contributed by atoms with van der Waals surface area (Å²) in [4.78, 5) is 0. The Bertz CT molecular complexity index is 406. The highest BCUT2D eigenvalue weighted by atomic mass is 32.2. The van der Waals surface area contributed by atoms with Crippen LogP contribution in [-0.2, 0) is 9.84 Å². The molecule has 1 atom stereocenters. The summed E-state index contributed by atoms with van der Waals surface area (Å²) in [7, 11) is -2.91. The number of aliphatic hydroxyl groups excluding tert-OH is 1. The maximum absolute atomic E-state index is 10.9. The lowest BCUT2D eigenvalue weighted by molar-refractivity contribution is 0.166. The molecule has 0 amide bonds. The molecule has 15 heavy (non-hydrogen) atoms. The zero-order valence-electron chi connectivity index (χ0n) is 8.93. The third-order valence-electron chi connectivity index (χ3n) is 2.25. The molecule has 0 aliphatic carbocycles. The molecule has 0 radical (unpaired) electrons. The molecule has 0 spiro atoms. The molecule has 86 valence electrons. The Kier molecular flexibility index (Phi) is 4.31. The van der Waals surface area contributed by atoms with Gasteiger partial charge in [0.1, 0.15) is 9.84 Å². The second kappa shape index (κ2) is 5.09. The molecule has 0 saturated heterocycles. The van der Waals surface area contributed by atoms with Gasteiger partial charge in [0.15, 0.2) is 0 Å². The smallest absolute Gasteiger partial charge is 0.147 e. The van der Waals surface area contributed by atoms with Crippen LogP contribution < -0.4 is 0 Å². The molecule has 5 heteroatoms. The van der Waals surface area contributed by atoms with Gasteiger partial charge in [-0.25, -0.2) is 8.42 Å². The van der Waals surface area contributed by atoms with Crippen molar-refractivity contribution in [2.45, 2.75) is 25.9 Å². The van der Waals surface area contributed by atoms with Gasteiger partial charge in [0, 0.05) is 12.0 Å². The van der Waals surface area contributed by atoms with E-state index < -0.39 is 15.9 Å². The van der Waals surface area contributed by atoms with Crippen LogP contribution in [0.15, 0.2) is 10.8 Å². The highest BCUT2D eigenvalue weighted by molar-refractivity contribution is 7.90. The monoisotopic (exact) mass is 248 g/mol. The minimum atomic E-state index is -2.91. The lowest BCUT2D eigenvalue weighted by Crippen LogP contribution is -2.05. The number of thiophene rings is 1. The van der Waals surface area contributed by atoms with Crippen LogP contribution in [0.4, 0.5) is 0 Å². The van der Waals surface area contributed by atoms with Gasteiger partial charge in [-0.1, -0.05) is 0 Å². The van der Waals surface area contributed by atoms with E-state index in [1.165, 1.54) is 6.26 Å². The summed E-state index contributed by atoms with van der Waals surface area (Å²) in [6, 6.07) is 0. The Morgan fingerprint density at radius 3 is 2.60 bits per heavy atom. The van der Waals surface area contributed by atoms with Gasteiger partial charge in [0.05, 0.1) is 6.10 Å². The molecular formula is C10H16O3S2. The first-order valence-corrected chi connectivity index (χ1v) is 7.79. The fourth-order valence-corrected chi connectivity index (χ4v) is 2.99. The van der Waals surface area contributed by atoms with Gasteiger partial charge < -0.3 is 5.11 Å². The van der Waals surface area contributed by atoms with Gasteiger partial charge in [-0.15, -0.1) is 0 Å². The standard InChI is InChI=1S/C10H16O3S2/c1-8-6-14-7-9(8)10(11)4-3-5-15(2,12)13/h6-7,10-11H,3-5H2,1-2H3. The first-order chi connectivity index (χ1) is 6.90. The molecule has 1 unspecified atom stereocenters. The fraction of sp³-hybridized carbons (Fsp3) is 0.600. The van der Waals surface area contributed by atoms with Crippen molar-refractivity contribution in [3.8, 4) is 0 Å². The van der Waals surface area contributed by atoms with E-state index in [2.05, 4.69) is 0 Å². The van der Waals surface area contributed by atoms with Gasteiger partial charge >= 0.3 is 0 Å². The number of hydrogen-bond donors (Lipinski definition) is 1. The molecule has 0 bridgehead atoms. The lowest BCUT2D eigenvalue weighted by Gasteiger charge is -2.09. The second-order valence-corrected chi connectivity index (χ2v) is 6.80. The van der Waals surface area contributed by atoms with Gasteiger partial charge in [-0.05, 0) is 41.7 Å². The number of aliphatic hydroxyl groups is 1. The predicted octanol–water partition coefficient (Wildman–Crippen LogP) is 1.91. The molecule has 3 nitrogen and oxygen atoms in total. The number of hydrogen-bond acceptors (Lipinski definition) is 4. The largest absolute Gasteiger partial charge is 0.388 e. The Morgan fingerprint density at radius 2 is 2.13 bits per heavy atom. The number of aryl methyl sites for hydroxylation is 1. The molecular weight excluding hydrogens is 232 g/mol. The summed E-state index contributed by atoms with van der Waals surface area (Å²) in [5, 5.41) is 13.7. The summed E-state index contributed by atoms with van der Waals surface area (Å²) in [6.45, 7) is 1.95. The molecule has 0 aliphatic rings. The average Bonchev–Trinajstić information content (AvgIpc) is 2.48. The summed E-state index contributed by atoms with van der Waals surface area (Å²) < 4.78 is 21.8. The van der Waals surface area contributed by atoms with Crippen molar-refractivity contribution >= 4 is 21.2 Å². The van der Waals surface area contributed by atoms with Gasteiger partial charge in [-0.2, -0.15) is 11.3 Å². The van der Waals surface area contributed by atoms with Crippen LogP contribution in [0.3, 0.4) is 0 Å². The number of sulfone groups is 1. The molecule has 0 saturated carbocycles. The van der Waals surface area contributed by atoms with Crippen LogP contribution in [0, 0.1) is 6.92 Å². The van der Waals surface area contributed by atoms with Crippen LogP contribution in [-0.4, -0.2) is 25.5 Å². The van der Waals surface area contributed by atoms with E-state index in [1.807, 2.05) is 17.7 Å². The first kappa shape index (κ1) is 12.7. The predicted molar refractivity (Wildman–Crippen MR) is 63.0 cm³/mol. The second-order valence-electron chi connectivity index (χ2n) is 3.80. The molecule has 1 N–H and O–H groups in total. The summed E-state index contributed by atoms with van der Waals surface area (Å²) in [5.74, 6) is 0.146. The van der Waals surface area contributed by atoms with Gasteiger partial charge in [0.25, 0.3) is 0 Å². The van der Waals surface area contributed by atoms with Crippen molar-refractivity contribution < 1.29 is 13.5 Å². The first-order valence-electron chi connectivity index (χ1n) is 4.78. The molecule has 1 aromatic rings. The molecule has 1 heterocycles. The van der Waals surface area contributed by atoms with E-state index in [0.29, 0.717) is 12.8 Å². The van der Waals surface area contributed by atoms with Crippen LogP contribution in [0.2, 0.25) is 0 Å². The molecule has 1 rings (SSSR count). The van der Waals surface area contributed by atoms with Crippen molar-refractivity contribution in [3.63, 3.8) is 0 Å². The Labute approximate surface area is 94.7 Å². The van der Waals surface area contributed by atoms with Crippen molar-refractivity contribution in [1.29, 1.82) is 0 Å². The lowest BCUT2D eigenvalue weighted by atomic mass is 10.1. The van der Waals surface area contributed by atoms with Crippen LogP contribution in [0.1, 0.15) is 30.1 Å². The molecule has 1 aromatic heterocycles. The van der Waals surface area contributed by atoms with Crippen LogP contribution in [0.5, 0.6) is 0 Å². The summed E-state index contributed by atoms with van der Waals surface area (Å²) in [6.07, 6.45) is 1.70. The van der Waals surface area contributed by atoms with Crippen molar-refractivity contribution in [1.82, 2.24) is 0 Å². The van der Waals surface area contributed by atoms with Crippen molar-refractivity contribution in [3.05, 3.63) is 21.9 Å². The highest BCUT2D eigenvalue weighted by Crippen LogP contribution is 2.25. The normalized spacial score (nSPS) is 14.1. The SMILES string of the molecule is Cc1cscc1C(O)CCCS(C)(=O)=O. The summed E-state index contributed by atoms with van der Waals surface area (Å²) in [5.41, 5.74) is 2.00. The Balaban J connectivity index is 2.44. The highest BCUT2D eigenvalue weighted by Gasteiger charge is 2.12. The molecule has 0 fully saturated rings. The quantitative estimate of drug-likeness (QED) is 0.866. The fourth-order valence-electron chi connectivity index (χ4n) is 1.41. The zero-order chi connectivity index (χ0) is 11.5. The Morgan fingerprint density at radius 1 is 1.47 bits per heavy atom.